The highest BCUT2D eigenvalue weighted by Gasteiger charge is 2.49. The van der Waals surface area contributed by atoms with E-state index < -0.39 is 35.7 Å². The third-order valence-corrected chi connectivity index (χ3v) is 2.63. The van der Waals surface area contributed by atoms with Crippen LogP contribution in [0.2, 0.25) is 0 Å². The minimum absolute atomic E-state index is 0.105. The molecule has 1 N–H and O–H groups in total. The van der Waals surface area contributed by atoms with E-state index in [1.807, 2.05) is 0 Å². The number of benzene rings is 1. The molecule has 1 aromatic rings. The average Bonchev–Trinajstić information content (AvgIpc) is 2.53. The molecule has 1 unspecified atom stereocenters. The Hall–Kier alpha value is -1.89. The van der Waals surface area contributed by atoms with Crippen molar-refractivity contribution in [2.45, 2.75) is 18.2 Å². The molecule has 1 heterocycles. The van der Waals surface area contributed by atoms with E-state index in [1.54, 1.807) is 0 Å². The Morgan fingerprint density at radius 2 is 1.72 bits per heavy atom. The fourth-order valence-electron chi connectivity index (χ4n) is 1.66. The first kappa shape index (κ1) is 12.6. The molecule has 0 aromatic heterocycles. The molecule has 2 rings (SSSR count). The number of alkyl halides is 3. The van der Waals surface area contributed by atoms with Gasteiger partial charge in [0.05, 0.1) is 12.0 Å². The summed E-state index contributed by atoms with van der Waals surface area (Å²) in [6.07, 6.45) is -5.11. The van der Waals surface area contributed by atoms with Crippen molar-refractivity contribution in [2.24, 2.45) is 0 Å². The molecule has 1 aliphatic rings. The van der Waals surface area contributed by atoms with Crippen molar-refractivity contribution < 1.29 is 32.6 Å². The Labute approximate surface area is 99.0 Å². The Morgan fingerprint density at radius 1 is 1.17 bits per heavy atom. The largest absolute Gasteiger partial charge is 0.416 e. The van der Waals surface area contributed by atoms with Crippen LogP contribution in [0.5, 0.6) is 0 Å². The van der Waals surface area contributed by atoms with Gasteiger partial charge in [-0.1, -0.05) is 12.1 Å². The highest BCUT2D eigenvalue weighted by molar-refractivity contribution is 5.99. The van der Waals surface area contributed by atoms with E-state index in [4.69, 9.17) is 0 Å². The van der Waals surface area contributed by atoms with E-state index in [-0.39, 0.29) is 5.56 Å². The van der Waals surface area contributed by atoms with Gasteiger partial charge in [-0.3, -0.25) is 4.79 Å². The molecule has 0 bridgehead atoms. The van der Waals surface area contributed by atoms with Gasteiger partial charge in [0.2, 0.25) is 0 Å². The minimum Gasteiger partial charge on any atom is -0.391 e. The number of cyclic esters (lactones) is 2. The summed E-state index contributed by atoms with van der Waals surface area (Å²) < 4.78 is 41.1. The Balaban J connectivity index is 2.36. The maximum atomic E-state index is 12.3. The SMILES string of the molecule is O=C1CC(O)(c2ccc(C(F)(F)F)cc2)C(=O)O1. The van der Waals surface area contributed by atoms with Crippen LogP contribution in [0.4, 0.5) is 13.2 Å². The summed E-state index contributed by atoms with van der Waals surface area (Å²) in [5, 5.41) is 9.92. The quantitative estimate of drug-likeness (QED) is 0.611. The summed E-state index contributed by atoms with van der Waals surface area (Å²) >= 11 is 0. The smallest absolute Gasteiger partial charge is 0.391 e. The number of aliphatic hydroxyl groups is 1. The first-order valence-electron chi connectivity index (χ1n) is 4.89. The number of ether oxygens (including phenoxy) is 1. The second-order valence-corrected chi connectivity index (χ2v) is 3.87. The molecule has 0 aliphatic carbocycles. The molecule has 4 nitrogen and oxygen atoms in total. The monoisotopic (exact) mass is 260 g/mol. The summed E-state index contributed by atoms with van der Waals surface area (Å²) in [5.74, 6) is -2.09. The summed E-state index contributed by atoms with van der Waals surface area (Å²) in [6, 6.07) is 3.35. The van der Waals surface area contributed by atoms with Crippen LogP contribution in [0.25, 0.3) is 0 Å². The molecule has 1 aliphatic heterocycles. The van der Waals surface area contributed by atoms with Crippen molar-refractivity contribution in [1.29, 1.82) is 0 Å². The van der Waals surface area contributed by atoms with Crippen LogP contribution < -0.4 is 0 Å². The van der Waals surface area contributed by atoms with Gasteiger partial charge < -0.3 is 9.84 Å². The van der Waals surface area contributed by atoms with Crippen LogP contribution in [0.3, 0.4) is 0 Å². The Morgan fingerprint density at radius 3 is 2.11 bits per heavy atom. The average molecular weight is 260 g/mol. The number of hydrogen-bond donors (Lipinski definition) is 1. The van der Waals surface area contributed by atoms with Crippen molar-refractivity contribution in [2.75, 3.05) is 0 Å². The fraction of sp³-hybridized carbons (Fsp3) is 0.273. The third kappa shape index (κ3) is 1.97. The topological polar surface area (TPSA) is 63.6 Å². The molecule has 1 fully saturated rings. The minimum atomic E-state index is -4.51. The number of carbonyl (C=O) groups excluding carboxylic acids is 2. The zero-order valence-corrected chi connectivity index (χ0v) is 8.82. The van der Waals surface area contributed by atoms with E-state index in [1.165, 1.54) is 0 Å². The fourth-order valence-corrected chi connectivity index (χ4v) is 1.66. The zero-order chi connectivity index (χ0) is 13.6. The van der Waals surface area contributed by atoms with Crippen LogP contribution in [-0.2, 0) is 26.1 Å². The van der Waals surface area contributed by atoms with Crippen molar-refractivity contribution in [3.63, 3.8) is 0 Å². The zero-order valence-electron chi connectivity index (χ0n) is 8.82. The van der Waals surface area contributed by atoms with Gasteiger partial charge in [-0.25, -0.2) is 4.79 Å². The molecule has 0 spiro atoms. The van der Waals surface area contributed by atoms with Gasteiger partial charge in [0.25, 0.3) is 0 Å². The van der Waals surface area contributed by atoms with Crippen LogP contribution in [0.1, 0.15) is 17.5 Å². The number of esters is 2. The first-order chi connectivity index (χ1) is 8.23. The van der Waals surface area contributed by atoms with Crippen molar-refractivity contribution in [1.82, 2.24) is 0 Å². The normalized spacial score (nSPS) is 24.2. The van der Waals surface area contributed by atoms with Crippen LogP contribution in [0.15, 0.2) is 24.3 Å². The molecule has 7 heteroatoms. The maximum absolute atomic E-state index is 12.3. The van der Waals surface area contributed by atoms with Crippen molar-refractivity contribution in [3.8, 4) is 0 Å². The number of carbonyl (C=O) groups is 2. The van der Waals surface area contributed by atoms with Gasteiger partial charge in [0.15, 0.2) is 5.60 Å². The van der Waals surface area contributed by atoms with Gasteiger partial charge in [-0.15, -0.1) is 0 Å². The first-order valence-corrected chi connectivity index (χ1v) is 4.89. The van der Waals surface area contributed by atoms with E-state index in [2.05, 4.69) is 4.74 Å². The van der Waals surface area contributed by atoms with Crippen molar-refractivity contribution in [3.05, 3.63) is 35.4 Å². The van der Waals surface area contributed by atoms with E-state index in [0.717, 1.165) is 24.3 Å². The highest BCUT2D eigenvalue weighted by atomic mass is 19.4. The van der Waals surface area contributed by atoms with Crippen molar-refractivity contribution >= 4 is 11.9 Å². The third-order valence-electron chi connectivity index (χ3n) is 2.63. The summed E-state index contributed by atoms with van der Waals surface area (Å²) in [5.41, 5.74) is -3.21. The molecule has 0 amide bonds. The van der Waals surface area contributed by atoms with Gasteiger partial charge in [0, 0.05) is 0 Å². The lowest BCUT2D eigenvalue weighted by molar-refractivity contribution is -0.159. The second-order valence-electron chi connectivity index (χ2n) is 3.87. The van der Waals surface area contributed by atoms with Gasteiger partial charge >= 0.3 is 18.1 Å². The van der Waals surface area contributed by atoms with Gasteiger partial charge in [-0.2, -0.15) is 13.2 Å². The van der Waals surface area contributed by atoms with Gasteiger partial charge in [0.1, 0.15) is 0 Å². The van der Waals surface area contributed by atoms with E-state index >= 15 is 0 Å². The van der Waals surface area contributed by atoms with Gasteiger partial charge in [-0.05, 0) is 17.7 Å². The molecule has 18 heavy (non-hydrogen) atoms. The molecular formula is C11H7F3O4. The summed E-state index contributed by atoms with van der Waals surface area (Å²) in [4.78, 5) is 22.2. The molecule has 1 atom stereocenters. The Kier molecular flexibility index (Phi) is 2.66. The number of hydrogen-bond acceptors (Lipinski definition) is 4. The molecule has 1 saturated heterocycles. The lowest BCUT2D eigenvalue weighted by atomic mass is 9.91. The molecule has 0 radical (unpaired) electrons. The Bertz CT molecular complexity index is 506. The lowest BCUT2D eigenvalue weighted by Crippen LogP contribution is -2.31. The number of rotatable bonds is 1. The van der Waals surface area contributed by atoms with E-state index in [9.17, 15) is 27.9 Å². The molecular weight excluding hydrogens is 253 g/mol. The van der Waals surface area contributed by atoms with Crippen LogP contribution >= 0.6 is 0 Å². The van der Waals surface area contributed by atoms with Crippen LogP contribution in [-0.4, -0.2) is 17.0 Å². The van der Waals surface area contributed by atoms with E-state index in [0.29, 0.717) is 0 Å². The summed E-state index contributed by atoms with van der Waals surface area (Å²) in [6.45, 7) is 0. The standard InChI is InChI=1S/C11H7F3O4/c12-11(13,14)7-3-1-6(2-4-7)10(17)5-8(15)18-9(10)16/h1-4,17H,5H2. The maximum Gasteiger partial charge on any atom is 0.416 e. The number of halogens is 3. The second kappa shape index (κ2) is 3.81. The molecule has 0 saturated carbocycles. The summed E-state index contributed by atoms with van der Waals surface area (Å²) in [7, 11) is 0. The molecule has 1 aromatic carbocycles. The van der Waals surface area contributed by atoms with Crippen LogP contribution in [0, 0.1) is 0 Å². The predicted octanol–water partition coefficient (Wildman–Crippen LogP) is 1.37. The molecule has 96 valence electrons. The predicted molar refractivity (Wildman–Crippen MR) is 51.1 cm³/mol. The highest BCUT2D eigenvalue weighted by Crippen LogP contribution is 2.35. The lowest BCUT2D eigenvalue weighted by Gasteiger charge is -2.17.